The molecule has 0 aliphatic carbocycles. The normalized spacial score (nSPS) is 14.9. The van der Waals surface area contributed by atoms with Gasteiger partial charge >= 0.3 is 17.8 Å². The van der Waals surface area contributed by atoms with E-state index in [9.17, 15) is 23.6 Å². The van der Waals surface area contributed by atoms with E-state index in [1.54, 1.807) is 0 Å². The molecule has 110 valence electrons. The van der Waals surface area contributed by atoms with E-state index >= 15 is 0 Å². The zero-order valence-corrected chi connectivity index (χ0v) is 11.3. The number of likely N-dealkylation sites (N-methyl/N-ethyl adjacent to an activating group) is 1. The topological polar surface area (TPSA) is 84.0 Å². The number of urea groups is 1. The van der Waals surface area contributed by atoms with Gasteiger partial charge in [-0.3, -0.25) is 19.3 Å². The minimum atomic E-state index is -1.08. The number of methoxy groups -OCH3 is 1. The Balaban J connectivity index is 2.19. The predicted octanol–water partition coefficient (Wildman–Crippen LogP) is 0.438. The first-order valence-corrected chi connectivity index (χ1v) is 5.87. The number of ketones is 1. The van der Waals surface area contributed by atoms with Crippen molar-refractivity contribution in [3.8, 4) is 5.75 Å². The zero-order chi connectivity index (χ0) is 15.7. The van der Waals surface area contributed by atoms with E-state index in [0.29, 0.717) is 9.80 Å². The minimum absolute atomic E-state index is 0.0316. The number of imide groups is 2. The summed E-state index contributed by atoms with van der Waals surface area (Å²) in [6.45, 7) is -0.625. The monoisotopic (exact) mass is 294 g/mol. The van der Waals surface area contributed by atoms with Gasteiger partial charge in [-0.05, 0) is 18.2 Å². The highest BCUT2D eigenvalue weighted by atomic mass is 19.1. The third kappa shape index (κ3) is 2.47. The number of halogens is 1. The van der Waals surface area contributed by atoms with Crippen molar-refractivity contribution in [2.75, 3.05) is 20.7 Å². The van der Waals surface area contributed by atoms with Crippen molar-refractivity contribution in [1.29, 1.82) is 0 Å². The molecule has 0 radical (unpaired) electrons. The second-order valence-electron chi connectivity index (χ2n) is 4.31. The van der Waals surface area contributed by atoms with E-state index in [-0.39, 0.29) is 11.3 Å². The van der Waals surface area contributed by atoms with Crippen LogP contribution in [0.3, 0.4) is 0 Å². The second-order valence-corrected chi connectivity index (χ2v) is 4.31. The van der Waals surface area contributed by atoms with Crippen molar-refractivity contribution in [2.24, 2.45) is 0 Å². The van der Waals surface area contributed by atoms with Gasteiger partial charge in [0.25, 0.3) is 0 Å². The average molecular weight is 294 g/mol. The fourth-order valence-electron chi connectivity index (χ4n) is 1.83. The molecular formula is C13H11FN2O5. The third-order valence-corrected chi connectivity index (χ3v) is 3.03. The van der Waals surface area contributed by atoms with E-state index in [1.165, 1.54) is 19.2 Å². The summed E-state index contributed by atoms with van der Waals surface area (Å²) in [4.78, 5) is 47.6. The van der Waals surface area contributed by atoms with Crippen LogP contribution in [0.2, 0.25) is 0 Å². The van der Waals surface area contributed by atoms with Crippen LogP contribution in [-0.2, 0) is 9.59 Å². The lowest BCUT2D eigenvalue weighted by Crippen LogP contribution is -2.36. The van der Waals surface area contributed by atoms with Crippen LogP contribution >= 0.6 is 0 Å². The van der Waals surface area contributed by atoms with Crippen molar-refractivity contribution in [3.05, 3.63) is 29.6 Å². The quantitative estimate of drug-likeness (QED) is 0.457. The van der Waals surface area contributed by atoms with Gasteiger partial charge in [0.15, 0.2) is 17.3 Å². The van der Waals surface area contributed by atoms with Crippen LogP contribution in [0.25, 0.3) is 0 Å². The number of ether oxygens (including phenoxy) is 1. The molecule has 0 N–H and O–H groups in total. The molecule has 0 aromatic heterocycles. The maximum atomic E-state index is 13.5. The number of carbonyl (C=O) groups excluding carboxylic acids is 4. The number of Topliss-reactive ketones (excluding diaryl/α,β-unsaturated/α-hetero) is 1. The summed E-state index contributed by atoms with van der Waals surface area (Å²) in [5.41, 5.74) is -0.0316. The summed E-state index contributed by atoms with van der Waals surface area (Å²) in [7, 11) is 2.42. The molecule has 1 aliphatic rings. The van der Waals surface area contributed by atoms with Crippen LogP contribution in [0.1, 0.15) is 10.4 Å². The van der Waals surface area contributed by atoms with Gasteiger partial charge in [-0.1, -0.05) is 0 Å². The van der Waals surface area contributed by atoms with Gasteiger partial charge in [0, 0.05) is 12.6 Å². The minimum Gasteiger partial charge on any atom is -0.494 e. The van der Waals surface area contributed by atoms with Gasteiger partial charge in [0.2, 0.25) is 0 Å². The highest BCUT2D eigenvalue weighted by Gasteiger charge is 2.43. The molecule has 1 heterocycles. The summed E-state index contributed by atoms with van der Waals surface area (Å²) in [6, 6.07) is 2.62. The van der Waals surface area contributed by atoms with E-state index < -0.39 is 36.0 Å². The molecular weight excluding hydrogens is 283 g/mol. The summed E-state index contributed by atoms with van der Waals surface area (Å²) in [5, 5.41) is 0. The SMILES string of the molecule is COc1ccc(C(=O)CN2C(=O)C(=O)N(C)C2=O)cc1F. The molecule has 0 atom stereocenters. The van der Waals surface area contributed by atoms with Crippen molar-refractivity contribution >= 4 is 23.6 Å². The first kappa shape index (κ1) is 14.6. The zero-order valence-electron chi connectivity index (χ0n) is 11.3. The van der Waals surface area contributed by atoms with Crippen LogP contribution in [0.15, 0.2) is 18.2 Å². The van der Waals surface area contributed by atoms with E-state index in [2.05, 4.69) is 0 Å². The molecule has 0 saturated carbocycles. The third-order valence-electron chi connectivity index (χ3n) is 3.03. The fraction of sp³-hybridized carbons (Fsp3) is 0.231. The summed E-state index contributed by atoms with van der Waals surface area (Å²) >= 11 is 0. The Morgan fingerprint density at radius 2 is 1.90 bits per heavy atom. The van der Waals surface area contributed by atoms with Crippen LogP contribution in [0.5, 0.6) is 5.75 Å². The standard InChI is InChI=1S/C13H11FN2O5/c1-15-11(18)12(19)16(13(15)20)6-9(17)7-3-4-10(21-2)8(14)5-7/h3-5H,6H2,1-2H3. The summed E-state index contributed by atoms with van der Waals surface area (Å²) in [6.07, 6.45) is 0. The van der Waals surface area contributed by atoms with Crippen molar-refractivity contribution < 1.29 is 28.3 Å². The summed E-state index contributed by atoms with van der Waals surface area (Å²) < 4.78 is 18.2. The predicted molar refractivity (Wildman–Crippen MR) is 67.2 cm³/mol. The molecule has 1 saturated heterocycles. The molecule has 1 aliphatic heterocycles. The van der Waals surface area contributed by atoms with Crippen LogP contribution in [0.4, 0.5) is 9.18 Å². The number of rotatable bonds is 4. The van der Waals surface area contributed by atoms with Crippen molar-refractivity contribution in [3.63, 3.8) is 0 Å². The molecule has 7 nitrogen and oxygen atoms in total. The lowest BCUT2D eigenvalue weighted by molar-refractivity contribution is -0.142. The summed E-state index contributed by atoms with van der Waals surface area (Å²) in [5.74, 6) is -3.52. The Morgan fingerprint density at radius 1 is 1.24 bits per heavy atom. The van der Waals surface area contributed by atoms with E-state index in [0.717, 1.165) is 13.1 Å². The Morgan fingerprint density at radius 3 is 2.38 bits per heavy atom. The molecule has 8 heteroatoms. The van der Waals surface area contributed by atoms with Gasteiger partial charge in [-0.2, -0.15) is 0 Å². The van der Waals surface area contributed by atoms with Crippen LogP contribution in [-0.4, -0.2) is 54.1 Å². The van der Waals surface area contributed by atoms with Crippen molar-refractivity contribution in [1.82, 2.24) is 9.80 Å². The molecule has 1 aromatic rings. The lowest BCUT2D eigenvalue weighted by atomic mass is 10.1. The fourth-order valence-corrected chi connectivity index (χ4v) is 1.83. The lowest BCUT2D eigenvalue weighted by Gasteiger charge is -2.12. The molecule has 0 unspecified atom stereocenters. The molecule has 1 aromatic carbocycles. The number of carbonyl (C=O) groups is 4. The van der Waals surface area contributed by atoms with Gasteiger partial charge in [0.05, 0.1) is 13.7 Å². The number of hydrogen-bond donors (Lipinski definition) is 0. The Kier molecular flexibility index (Phi) is 3.70. The molecule has 21 heavy (non-hydrogen) atoms. The molecule has 0 bridgehead atoms. The molecule has 4 amide bonds. The Labute approximate surface area is 118 Å². The first-order chi connectivity index (χ1) is 9.86. The second kappa shape index (κ2) is 5.31. The maximum absolute atomic E-state index is 13.5. The molecule has 2 rings (SSSR count). The Bertz CT molecular complexity index is 658. The highest BCUT2D eigenvalue weighted by molar-refractivity contribution is 6.45. The number of benzene rings is 1. The number of amides is 4. The number of hydrogen-bond acceptors (Lipinski definition) is 5. The number of nitrogens with zero attached hydrogens (tertiary/aromatic N) is 2. The van der Waals surface area contributed by atoms with E-state index in [4.69, 9.17) is 4.74 Å². The van der Waals surface area contributed by atoms with Gasteiger partial charge in [0.1, 0.15) is 0 Å². The molecule has 0 spiro atoms. The van der Waals surface area contributed by atoms with Gasteiger partial charge in [-0.15, -0.1) is 0 Å². The largest absolute Gasteiger partial charge is 0.494 e. The first-order valence-electron chi connectivity index (χ1n) is 5.87. The maximum Gasteiger partial charge on any atom is 0.334 e. The van der Waals surface area contributed by atoms with Crippen LogP contribution < -0.4 is 4.74 Å². The van der Waals surface area contributed by atoms with E-state index in [1.807, 2.05) is 0 Å². The van der Waals surface area contributed by atoms with Gasteiger partial charge in [-0.25, -0.2) is 14.1 Å². The Hall–Kier alpha value is -2.77. The highest BCUT2D eigenvalue weighted by Crippen LogP contribution is 2.19. The van der Waals surface area contributed by atoms with Gasteiger partial charge < -0.3 is 4.74 Å². The smallest absolute Gasteiger partial charge is 0.334 e. The van der Waals surface area contributed by atoms with Crippen molar-refractivity contribution in [2.45, 2.75) is 0 Å². The van der Waals surface area contributed by atoms with Crippen LogP contribution in [0, 0.1) is 5.82 Å². The molecule has 1 fully saturated rings. The average Bonchev–Trinajstić information content (AvgIpc) is 2.65.